The second-order valence-electron chi connectivity index (χ2n) is 9.62. The van der Waals surface area contributed by atoms with Gasteiger partial charge in [-0.25, -0.2) is 9.29 Å². The molecule has 3 heterocycles. The molecule has 3 unspecified atom stereocenters. The minimum Gasteiger partial charge on any atom is -0.325 e. The van der Waals surface area contributed by atoms with E-state index >= 15 is 0 Å². The minimum atomic E-state index is -0.773. The number of aryl methyl sites for hydroxylation is 1. The standard InChI is InChI=1S/C29H21BrFN3O4S2/c1-15-5-11-20(12-6-15)34-26(36)23-22(16-3-2-4-17(30)13-16)25-28(39-24(23)27(34)37)33(29(38)40-25)14-21(35)32-19-9-7-18(31)8-10-19/h2-13,22-24H,14H2,1H3,(H,32,35). The first-order chi connectivity index (χ1) is 19.2. The number of nitrogens with one attached hydrogen (secondary N) is 1. The molecule has 11 heteroatoms. The van der Waals surface area contributed by atoms with Gasteiger partial charge in [0, 0.05) is 21.0 Å². The van der Waals surface area contributed by atoms with Gasteiger partial charge in [0.15, 0.2) is 0 Å². The molecule has 0 saturated carbocycles. The van der Waals surface area contributed by atoms with E-state index < -0.39 is 28.8 Å². The molecular formula is C29H21BrFN3O4S2. The van der Waals surface area contributed by atoms with Gasteiger partial charge in [0.25, 0.3) is 0 Å². The van der Waals surface area contributed by atoms with Crippen LogP contribution in [0.5, 0.6) is 0 Å². The van der Waals surface area contributed by atoms with Crippen LogP contribution in [0.15, 0.2) is 87.1 Å². The third-order valence-corrected chi connectivity index (χ3v) is 10.1. The zero-order valence-corrected chi connectivity index (χ0v) is 24.2. The lowest BCUT2D eigenvalue weighted by Crippen LogP contribution is -2.33. The number of fused-ring (bicyclic) bond motifs is 2. The summed E-state index contributed by atoms with van der Waals surface area (Å²) in [5.41, 5.74) is 2.70. The zero-order chi connectivity index (χ0) is 28.1. The summed E-state index contributed by atoms with van der Waals surface area (Å²) in [6.45, 7) is 1.64. The number of benzene rings is 3. The Morgan fingerprint density at radius 1 is 1.00 bits per heavy atom. The summed E-state index contributed by atoms with van der Waals surface area (Å²) < 4.78 is 15.4. The summed E-state index contributed by atoms with van der Waals surface area (Å²) >= 11 is 5.65. The lowest BCUT2D eigenvalue weighted by Gasteiger charge is -2.30. The first kappa shape index (κ1) is 26.7. The Labute approximate surface area is 245 Å². The zero-order valence-electron chi connectivity index (χ0n) is 21.0. The molecule has 0 bridgehead atoms. The molecule has 4 aromatic rings. The molecule has 3 amide bonds. The molecule has 1 saturated heterocycles. The highest BCUT2D eigenvalue weighted by Gasteiger charge is 2.56. The highest BCUT2D eigenvalue weighted by Crippen LogP contribution is 2.54. The van der Waals surface area contributed by atoms with Gasteiger partial charge in [0.05, 0.1) is 16.6 Å². The molecule has 0 aliphatic carbocycles. The number of amides is 3. The van der Waals surface area contributed by atoms with Gasteiger partial charge in [-0.3, -0.25) is 23.7 Å². The second-order valence-corrected chi connectivity index (χ2v) is 12.7. The van der Waals surface area contributed by atoms with Crippen molar-refractivity contribution in [3.63, 3.8) is 0 Å². The number of imide groups is 1. The highest BCUT2D eigenvalue weighted by atomic mass is 79.9. The van der Waals surface area contributed by atoms with E-state index in [1.54, 1.807) is 12.1 Å². The number of nitrogens with zero attached hydrogens (tertiary/aromatic N) is 2. The van der Waals surface area contributed by atoms with Gasteiger partial charge >= 0.3 is 4.87 Å². The van der Waals surface area contributed by atoms with E-state index in [4.69, 9.17) is 0 Å². The van der Waals surface area contributed by atoms with Crippen molar-refractivity contribution in [3.05, 3.63) is 109 Å². The third kappa shape index (κ3) is 4.71. The Bertz CT molecular complexity index is 1720. The number of hydrogen-bond acceptors (Lipinski definition) is 6. The molecular weight excluding hydrogens is 617 g/mol. The number of hydrogen-bond donors (Lipinski definition) is 1. The molecule has 0 spiro atoms. The van der Waals surface area contributed by atoms with Crippen LogP contribution in [-0.2, 0) is 20.9 Å². The van der Waals surface area contributed by atoms with E-state index in [1.807, 2.05) is 43.3 Å². The fourth-order valence-corrected chi connectivity index (χ4v) is 8.33. The summed E-state index contributed by atoms with van der Waals surface area (Å²) in [5, 5.41) is 2.41. The van der Waals surface area contributed by atoms with Gasteiger partial charge in [0.1, 0.15) is 17.6 Å². The van der Waals surface area contributed by atoms with Crippen molar-refractivity contribution in [3.8, 4) is 0 Å². The topological polar surface area (TPSA) is 88.5 Å². The molecule has 2 aliphatic rings. The summed E-state index contributed by atoms with van der Waals surface area (Å²) in [6, 6.07) is 20.0. The Morgan fingerprint density at radius 3 is 2.42 bits per heavy atom. The quantitative estimate of drug-likeness (QED) is 0.290. The average molecular weight is 639 g/mol. The van der Waals surface area contributed by atoms with E-state index in [1.165, 1.54) is 33.7 Å². The Kier molecular flexibility index (Phi) is 6.97. The number of carbonyl (C=O) groups is 3. The first-order valence-electron chi connectivity index (χ1n) is 12.4. The summed E-state index contributed by atoms with van der Waals surface area (Å²) in [7, 11) is 0. The van der Waals surface area contributed by atoms with Crippen molar-refractivity contribution in [1.82, 2.24) is 4.57 Å². The van der Waals surface area contributed by atoms with Crippen LogP contribution in [0.4, 0.5) is 15.8 Å². The SMILES string of the molecule is Cc1ccc(N2C(=O)C3Sc4c(sc(=O)n4CC(=O)Nc4ccc(F)cc4)C(c4cccc(Br)c4)C3C2=O)cc1. The molecule has 1 N–H and O–H groups in total. The third-order valence-electron chi connectivity index (χ3n) is 6.98. The van der Waals surface area contributed by atoms with E-state index in [2.05, 4.69) is 21.2 Å². The molecule has 1 fully saturated rings. The van der Waals surface area contributed by atoms with Crippen molar-refractivity contribution in [2.24, 2.45) is 5.92 Å². The number of thioether (sulfide) groups is 1. The van der Waals surface area contributed by atoms with Gasteiger partial charge < -0.3 is 5.32 Å². The monoisotopic (exact) mass is 637 g/mol. The Morgan fingerprint density at radius 2 is 1.73 bits per heavy atom. The number of halogens is 2. The summed E-state index contributed by atoms with van der Waals surface area (Å²) in [6.07, 6.45) is 0. The highest BCUT2D eigenvalue weighted by molar-refractivity contribution is 9.10. The molecule has 1 aromatic heterocycles. The smallest absolute Gasteiger partial charge is 0.308 e. The largest absolute Gasteiger partial charge is 0.325 e. The van der Waals surface area contributed by atoms with Gasteiger partial charge in [-0.05, 0) is 61.0 Å². The predicted molar refractivity (Wildman–Crippen MR) is 156 cm³/mol. The van der Waals surface area contributed by atoms with Crippen LogP contribution >= 0.6 is 39.0 Å². The van der Waals surface area contributed by atoms with Crippen LogP contribution in [0, 0.1) is 18.7 Å². The molecule has 3 aromatic carbocycles. The second kappa shape index (κ2) is 10.5. The van der Waals surface area contributed by atoms with Crippen molar-refractivity contribution in [2.45, 2.75) is 29.7 Å². The molecule has 7 nitrogen and oxygen atoms in total. The maximum atomic E-state index is 13.9. The van der Waals surface area contributed by atoms with Gasteiger partial charge in [-0.15, -0.1) is 0 Å². The van der Waals surface area contributed by atoms with E-state index in [9.17, 15) is 23.6 Å². The molecule has 2 aliphatic heterocycles. The minimum absolute atomic E-state index is 0.290. The first-order valence-corrected chi connectivity index (χ1v) is 14.9. The van der Waals surface area contributed by atoms with Crippen LogP contribution in [0.3, 0.4) is 0 Å². The van der Waals surface area contributed by atoms with Crippen molar-refractivity contribution in [2.75, 3.05) is 10.2 Å². The molecule has 40 heavy (non-hydrogen) atoms. The van der Waals surface area contributed by atoms with Crippen LogP contribution in [0.2, 0.25) is 0 Å². The normalized spacial score (nSPS) is 19.9. The van der Waals surface area contributed by atoms with Gasteiger partial charge in [-0.1, -0.05) is 68.9 Å². The summed E-state index contributed by atoms with van der Waals surface area (Å²) in [5.74, 6) is -2.84. The summed E-state index contributed by atoms with van der Waals surface area (Å²) in [4.78, 5) is 55.4. The maximum Gasteiger partial charge on any atom is 0.308 e. The fraction of sp³-hybridized carbons (Fsp3) is 0.172. The number of rotatable bonds is 5. The molecule has 6 rings (SSSR count). The van der Waals surface area contributed by atoms with Crippen LogP contribution in [0.25, 0.3) is 0 Å². The van der Waals surface area contributed by atoms with Crippen molar-refractivity contribution < 1.29 is 18.8 Å². The fourth-order valence-electron chi connectivity index (χ4n) is 5.14. The predicted octanol–water partition coefficient (Wildman–Crippen LogP) is 5.55. The van der Waals surface area contributed by atoms with Crippen LogP contribution in [-0.4, -0.2) is 27.5 Å². The van der Waals surface area contributed by atoms with Gasteiger partial charge in [-0.2, -0.15) is 0 Å². The van der Waals surface area contributed by atoms with E-state index in [-0.39, 0.29) is 23.2 Å². The van der Waals surface area contributed by atoms with Crippen LogP contribution < -0.4 is 15.1 Å². The van der Waals surface area contributed by atoms with Crippen molar-refractivity contribution in [1.29, 1.82) is 0 Å². The van der Waals surface area contributed by atoms with E-state index in [0.29, 0.717) is 21.3 Å². The van der Waals surface area contributed by atoms with E-state index in [0.717, 1.165) is 38.7 Å². The average Bonchev–Trinajstić information content (AvgIpc) is 3.36. The number of anilines is 2. The number of thiazole rings is 1. The lowest BCUT2D eigenvalue weighted by atomic mass is 9.83. The van der Waals surface area contributed by atoms with Gasteiger partial charge in [0.2, 0.25) is 17.7 Å². The Balaban J connectivity index is 1.41. The number of carbonyl (C=O) groups excluding carboxylic acids is 3. The lowest BCUT2D eigenvalue weighted by molar-refractivity contribution is -0.122. The molecule has 0 radical (unpaired) electrons. The Hall–Kier alpha value is -3.54. The maximum absolute atomic E-state index is 13.9. The van der Waals surface area contributed by atoms with Crippen LogP contribution in [0.1, 0.15) is 21.9 Å². The molecule has 202 valence electrons. The van der Waals surface area contributed by atoms with Crippen molar-refractivity contribution >= 4 is 68.1 Å². The molecule has 3 atom stereocenters. The number of aromatic nitrogens is 1.